The van der Waals surface area contributed by atoms with Crippen molar-refractivity contribution in [2.24, 2.45) is 0 Å². The zero-order chi connectivity index (χ0) is 15.6. The maximum absolute atomic E-state index is 12.8. The van der Waals surface area contributed by atoms with Crippen molar-refractivity contribution in [1.29, 1.82) is 0 Å². The van der Waals surface area contributed by atoms with Crippen LogP contribution < -0.4 is 5.32 Å². The minimum Gasteiger partial charge on any atom is -0.310 e. The van der Waals surface area contributed by atoms with Crippen molar-refractivity contribution in [2.45, 2.75) is 56.5 Å². The Labute approximate surface area is 136 Å². The van der Waals surface area contributed by atoms with Gasteiger partial charge in [-0.25, -0.2) is 8.42 Å². The third kappa shape index (κ3) is 4.01. The summed E-state index contributed by atoms with van der Waals surface area (Å²) in [6.45, 7) is 9.59. The van der Waals surface area contributed by atoms with Crippen LogP contribution in [0.25, 0.3) is 0 Å². The molecule has 7 heteroatoms. The SMILES string of the molecule is CC(C)NCc1cc(S(=O)(=O)N2CCSC(C)C2C)cs1. The van der Waals surface area contributed by atoms with Crippen molar-refractivity contribution >= 4 is 33.1 Å². The summed E-state index contributed by atoms with van der Waals surface area (Å²) in [4.78, 5) is 1.51. The minimum absolute atomic E-state index is 0.0471. The lowest BCUT2D eigenvalue weighted by Crippen LogP contribution is -2.47. The van der Waals surface area contributed by atoms with Crippen molar-refractivity contribution in [2.75, 3.05) is 12.3 Å². The molecule has 2 unspecified atom stereocenters. The van der Waals surface area contributed by atoms with Gasteiger partial charge in [0.1, 0.15) is 0 Å². The Kier molecular flexibility index (Phi) is 5.76. The first-order chi connectivity index (χ1) is 9.82. The van der Waals surface area contributed by atoms with Crippen LogP contribution in [0.1, 0.15) is 32.6 Å². The summed E-state index contributed by atoms with van der Waals surface area (Å²) < 4.78 is 27.3. The summed E-state index contributed by atoms with van der Waals surface area (Å²) in [7, 11) is -3.36. The molecule has 2 atom stereocenters. The molecule has 0 saturated carbocycles. The van der Waals surface area contributed by atoms with Gasteiger partial charge in [0.25, 0.3) is 0 Å². The molecule has 0 spiro atoms. The van der Waals surface area contributed by atoms with Crippen LogP contribution in [-0.2, 0) is 16.6 Å². The van der Waals surface area contributed by atoms with Gasteiger partial charge in [0, 0.05) is 46.4 Å². The summed E-state index contributed by atoms with van der Waals surface area (Å²) >= 11 is 3.36. The number of thiophene rings is 1. The largest absolute Gasteiger partial charge is 0.310 e. The molecule has 0 aromatic carbocycles. The number of hydrogen-bond donors (Lipinski definition) is 1. The number of hydrogen-bond acceptors (Lipinski definition) is 5. The fourth-order valence-electron chi connectivity index (χ4n) is 2.27. The molecule has 1 saturated heterocycles. The molecule has 1 N–H and O–H groups in total. The first-order valence-electron chi connectivity index (χ1n) is 7.26. The lowest BCUT2D eigenvalue weighted by Gasteiger charge is -2.36. The van der Waals surface area contributed by atoms with Crippen molar-refractivity contribution in [3.05, 3.63) is 16.3 Å². The average molecular weight is 349 g/mol. The highest BCUT2D eigenvalue weighted by atomic mass is 32.2. The van der Waals surface area contributed by atoms with Crippen molar-refractivity contribution in [1.82, 2.24) is 9.62 Å². The quantitative estimate of drug-likeness (QED) is 0.889. The standard InChI is InChI=1S/C14H24N2O2S3/c1-10(2)15-8-13-7-14(9-20-13)21(17,18)16-5-6-19-12(4)11(16)3/h7,9-12,15H,5-6,8H2,1-4H3. The Morgan fingerprint density at radius 3 is 2.81 bits per heavy atom. The number of nitrogens with zero attached hydrogens (tertiary/aromatic N) is 1. The molecule has 1 aromatic heterocycles. The Bertz CT molecular complexity index is 569. The van der Waals surface area contributed by atoms with E-state index in [0.29, 0.717) is 22.7 Å². The lowest BCUT2D eigenvalue weighted by molar-refractivity contribution is 0.340. The molecule has 1 aliphatic heterocycles. The molecular formula is C14H24N2O2S3. The van der Waals surface area contributed by atoms with Crippen LogP contribution in [0.15, 0.2) is 16.3 Å². The van der Waals surface area contributed by atoms with E-state index in [2.05, 4.69) is 26.1 Å². The molecule has 2 rings (SSSR count). The second kappa shape index (κ2) is 7.00. The molecule has 2 heterocycles. The van der Waals surface area contributed by atoms with E-state index in [-0.39, 0.29) is 6.04 Å². The molecule has 0 radical (unpaired) electrons. The predicted octanol–water partition coefficient (Wildman–Crippen LogP) is 2.76. The van der Waals surface area contributed by atoms with Gasteiger partial charge in [0.05, 0.1) is 4.90 Å². The third-order valence-corrected chi connectivity index (χ3v) is 8.13. The van der Waals surface area contributed by atoms with Crippen molar-refractivity contribution < 1.29 is 8.42 Å². The number of nitrogens with one attached hydrogen (secondary N) is 1. The molecule has 1 aliphatic rings. The molecular weight excluding hydrogens is 324 g/mol. The summed E-state index contributed by atoms with van der Waals surface area (Å²) in [5.74, 6) is 0.872. The Hall–Kier alpha value is -0.0800. The fourth-order valence-corrected chi connectivity index (χ4v) is 6.48. The molecule has 0 bridgehead atoms. The van der Waals surface area contributed by atoms with E-state index in [0.717, 1.165) is 17.2 Å². The summed E-state index contributed by atoms with van der Waals surface area (Å²) in [6.07, 6.45) is 0. The first-order valence-corrected chi connectivity index (χ1v) is 10.6. The van der Waals surface area contributed by atoms with E-state index in [1.807, 2.05) is 24.8 Å². The van der Waals surface area contributed by atoms with Crippen LogP contribution in [0.5, 0.6) is 0 Å². The van der Waals surface area contributed by atoms with Gasteiger partial charge in [-0.05, 0) is 13.0 Å². The number of rotatable bonds is 5. The van der Waals surface area contributed by atoms with E-state index >= 15 is 0 Å². The van der Waals surface area contributed by atoms with E-state index in [1.165, 1.54) is 11.3 Å². The van der Waals surface area contributed by atoms with Crippen LogP contribution >= 0.6 is 23.1 Å². The molecule has 0 aliphatic carbocycles. The monoisotopic (exact) mass is 348 g/mol. The number of thioether (sulfide) groups is 1. The maximum Gasteiger partial charge on any atom is 0.244 e. The van der Waals surface area contributed by atoms with Crippen molar-refractivity contribution in [3.8, 4) is 0 Å². The van der Waals surface area contributed by atoms with Gasteiger partial charge in [-0.1, -0.05) is 20.8 Å². The van der Waals surface area contributed by atoms with E-state index in [1.54, 1.807) is 9.69 Å². The zero-order valence-electron chi connectivity index (χ0n) is 13.0. The van der Waals surface area contributed by atoms with Gasteiger partial charge < -0.3 is 5.32 Å². The smallest absolute Gasteiger partial charge is 0.244 e. The maximum atomic E-state index is 12.8. The molecule has 1 fully saturated rings. The van der Waals surface area contributed by atoms with Crippen LogP contribution in [0.2, 0.25) is 0 Å². The van der Waals surface area contributed by atoms with Crippen LogP contribution in [0.3, 0.4) is 0 Å². The summed E-state index contributed by atoms with van der Waals surface area (Å²) in [6, 6.07) is 2.26. The van der Waals surface area contributed by atoms with Crippen molar-refractivity contribution in [3.63, 3.8) is 0 Å². The topological polar surface area (TPSA) is 49.4 Å². The molecule has 1 aromatic rings. The highest BCUT2D eigenvalue weighted by molar-refractivity contribution is 8.00. The normalized spacial score (nSPS) is 24.6. The first kappa shape index (κ1) is 17.3. The molecule has 120 valence electrons. The fraction of sp³-hybridized carbons (Fsp3) is 0.714. The zero-order valence-corrected chi connectivity index (χ0v) is 15.4. The lowest BCUT2D eigenvalue weighted by atomic mass is 10.2. The van der Waals surface area contributed by atoms with Gasteiger partial charge in [-0.2, -0.15) is 16.1 Å². The highest BCUT2D eigenvalue weighted by Gasteiger charge is 2.35. The van der Waals surface area contributed by atoms with Gasteiger partial charge in [-0.15, -0.1) is 11.3 Å². The van der Waals surface area contributed by atoms with Crippen LogP contribution in [0.4, 0.5) is 0 Å². The average Bonchev–Trinajstić information content (AvgIpc) is 2.89. The summed E-state index contributed by atoms with van der Waals surface area (Å²) in [5.41, 5.74) is 0. The van der Waals surface area contributed by atoms with E-state index in [4.69, 9.17) is 0 Å². The van der Waals surface area contributed by atoms with E-state index < -0.39 is 10.0 Å². The number of sulfonamides is 1. The van der Waals surface area contributed by atoms with Gasteiger partial charge in [-0.3, -0.25) is 0 Å². The third-order valence-electron chi connectivity index (χ3n) is 3.75. The van der Waals surface area contributed by atoms with Crippen LogP contribution in [-0.4, -0.2) is 42.4 Å². The second-order valence-electron chi connectivity index (χ2n) is 5.72. The van der Waals surface area contributed by atoms with Gasteiger partial charge in [0.2, 0.25) is 10.0 Å². The predicted molar refractivity (Wildman–Crippen MR) is 91.6 cm³/mol. The minimum atomic E-state index is -3.36. The molecule has 21 heavy (non-hydrogen) atoms. The van der Waals surface area contributed by atoms with Crippen LogP contribution in [0, 0.1) is 0 Å². The van der Waals surface area contributed by atoms with Gasteiger partial charge in [0.15, 0.2) is 0 Å². The Balaban J connectivity index is 2.16. The molecule has 4 nitrogen and oxygen atoms in total. The van der Waals surface area contributed by atoms with Gasteiger partial charge >= 0.3 is 0 Å². The van der Waals surface area contributed by atoms with E-state index in [9.17, 15) is 8.42 Å². The summed E-state index contributed by atoms with van der Waals surface area (Å²) in [5, 5.41) is 5.43. The highest BCUT2D eigenvalue weighted by Crippen LogP contribution is 2.31. The second-order valence-corrected chi connectivity index (χ2v) is 10.1. The Morgan fingerprint density at radius 1 is 1.43 bits per heavy atom. The Morgan fingerprint density at radius 2 is 2.14 bits per heavy atom. The molecule has 0 amide bonds.